The van der Waals surface area contributed by atoms with Crippen LogP contribution in [0.15, 0.2) is 43.0 Å². The number of carboxylic acids is 1. The number of imidazole rings is 1. The van der Waals surface area contributed by atoms with Gasteiger partial charge < -0.3 is 46.0 Å². The maximum absolute atomic E-state index is 12.5. The Morgan fingerprint density at radius 2 is 1.83 bits per heavy atom. The first-order valence-corrected chi connectivity index (χ1v) is 11.7. The number of anilines is 1. The van der Waals surface area contributed by atoms with E-state index in [1.807, 2.05) is 0 Å². The Morgan fingerprint density at radius 1 is 1.14 bits per heavy atom. The lowest BCUT2D eigenvalue weighted by atomic mass is 10.1. The van der Waals surface area contributed by atoms with Crippen molar-refractivity contribution in [3.63, 3.8) is 0 Å². The zero-order valence-electron chi connectivity index (χ0n) is 18.4. The van der Waals surface area contributed by atoms with E-state index in [0.717, 1.165) is 6.33 Å². The molecule has 1 amide bonds. The minimum Gasteiger partial charge on any atom is -0.479 e. The predicted molar refractivity (Wildman–Crippen MR) is 120 cm³/mol. The molecule has 3 aromatic rings. The third kappa shape index (κ3) is 5.40. The second-order valence-corrected chi connectivity index (χ2v) is 9.17. The predicted octanol–water partition coefficient (Wildman–Crippen LogP) is -0.535. The number of aliphatic carboxylic acids is 1. The summed E-state index contributed by atoms with van der Waals surface area (Å²) in [7, 11) is -5.15. The van der Waals surface area contributed by atoms with Crippen molar-refractivity contribution in [2.24, 2.45) is 0 Å². The minimum atomic E-state index is -5.15. The van der Waals surface area contributed by atoms with Crippen molar-refractivity contribution in [3.8, 4) is 0 Å². The van der Waals surface area contributed by atoms with E-state index in [4.69, 9.17) is 24.4 Å². The molecule has 3 heterocycles. The average molecular weight is 526 g/mol. The van der Waals surface area contributed by atoms with E-state index >= 15 is 0 Å². The number of amides is 1. The smallest absolute Gasteiger partial charge is 0.365 e. The second-order valence-electron chi connectivity index (χ2n) is 7.53. The van der Waals surface area contributed by atoms with Gasteiger partial charge in [0.05, 0.1) is 12.9 Å². The topological polar surface area (TPSA) is 261 Å². The Balaban J connectivity index is 0.00000361. The molecule has 1 aliphatic heterocycles. The Bertz CT molecular complexity index is 1280. The fourth-order valence-corrected chi connectivity index (χ4v) is 4.06. The molecule has 0 aliphatic carbocycles. The lowest BCUT2D eigenvalue weighted by Crippen LogP contribution is -2.36. The zero-order valence-corrected chi connectivity index (χ0v) is 19.3. The van der Waals surface area contributed by atoms with Gasteiger partial charge in [-0.05, 0) is 12.1 Å². The number of nitrogens with zero attached hydrogens (tertiary/aromatic N) is 4. The lowest BCUT2D eigenvalue weighted by Gasteiger charge is -2.19. The number of hydrogen-bond acceptors (Lipinski definition) is 11. The Labute approximate surface area is 202 Å². The Hall–Kier alpha value is -3.34. The third-order valence-corrected chi connectivity index (χ3v) is 6.15. The number of nitrogens with one attached hydrogen (secondary N) is 1. The number of fused-ring (bicyclic) bond motifs is 1. The summed E-state index contributed by atoms with van der Waals surface area (Å²) in [5, 5.41) is 32.4. The van der Waals surface area contributed by atoms with Crippen LogP contribution in [0.1, 0.15) is 16.6 Å². The highest BCUT2D eigenvalue weighted by molar-refractivity contribution is 7.53. The molecule has 9 N–H and O–H groups in total. The van der Waals surface area contributed by atoms with Crippen molar-refractivity contribution >= 4 is 36.5 Å². The largest absolute Gasteiger partial charge is 0.479 e. The average Bonchev–Trinajstić information content (AvgIpc) is 3.35. The summed E-state index contributed by atoms with van der Waals surface area (Å²) in [5.41, 5.74) is 0.684. The SMILES string of the molecule is N.O=C(Nc1ncnc2c1ncn2[C@@H]1O[C@H](COC(C(=O)O)P(=O)(O)O)[C@@H](O)[C@H]1O)c1ccccc1. The van der Waals surface area contributed by atoms with Crippen molar-refractivity contribution in [2.45, 2.75) is 30.4 Å². The highest BCUT2D eigenvalue weighted by Crippen LogP contribution is 2.42. The Kier molecular flexibility index (Phi) is 8.12. The third-order valence-electron chi connectivity index (χ3n) is 5.17. The van der Waals surface area contributed by atoms with Crippen LogP contribution in [0.25, 0.3) is 11.2 Å². The highest BCUT2D eigenvalue weighted by Gasteiger charge is 2.46. The van der Waals surface area contributed by atoms with Gasteiger partial charge in [-0.2, -0.15) is 0 Å². The summed E-state index contributed by atoms with van der Waals surface area (Å²) in [5.74, 6) is -4.72. The van der Waals surface area contributed by atoms with Crippen molar-refractivity contribution in [1.82, 2.24) is 25.7 Å². The number of aromatic nitrogens is 4. The van der Waals surface area contributed by atoms with E-state index in [2.05, 4.69) is 20.3 Å². The second kappa shape index (κ2) is 10.7. The molecular formula is C19H23N6O10P. The van der Waals surface area contributed by atoms with Crippen LogP contribution < -0.4 is 11.5 Å². The van der Waals surface area contributed by atoms with Crippen molar-refractivity contribution < 1.29 is 48.7 Å². The molecule has 2 aromatic heterocycles. The first kappa shape index (κ1) is 27.3. The van der Waals surface area contributed by atoms with E-state index < -0.39 is 56.5 Å². The molecule has 17 heteroatoms. The van der Waals surface area contributed by atoms with Crippen LogP contribution in [0.3, 0.4) is 0 Å². The van der Waals surface area contributed by atoms with Crippen molar-refractivity contribution in [2.75, 3.05) is 11.9 Å². The summed E-state index contributed by atoms with van der Waals surface area (Å²) in [6, 6.07) is 8.37. The van der Waals surface area contributed by atoms with Crippen molar-refractivity contribution in [3.05, 3.63) is 48.5 Å². The van der Waals surface area contributed by atoms with Gasteiger partial charge >= 0.3 is 13.6 Å². The number of aliphatic hydroxyl groups excluding tert-OH is 2. The molecule has 0 bridgehead atoms. The number of hydrogen-bond donors (Lipinski definition) is 7. The summed E-state index contributed by atoms with van der Waals surface area (Å²) in [4.78, 5) is 54.1. The molecule has 16 nitrogen and oxygen atoms in total. The molecule has 0 spiro atoms. The zero-order chi connectivity index (χ0) is 25.3. The number of carbonyl (C=O) groups excluding carboxylic acids is 1. The van der Waals surface area contributed by atoms with Crippen LogP contribution in [-0.2, 0) is 18.8 Å². The molecule has 5 atom stereocenters. The molecule has 0 radical (unpaired) electrons. The quantitative estimate of drug-likeness (QED) is 0.182. The fraction of sp³-hybridized carbons (Fsp3) is 0.316. The Morgan fingerprint density at radius 3 is 2.47 bits per heavy atom. The van der Waals surface area contributed by atoms with Crippen LogP contribution in [0.4, 0.5) is 5.82 Å². The molecule has 0 saturated carbocycles. The molecule has 36 heavy (non-hydrogen) atoms. The van der Waals surface area contributed by atoms with Crippen LogP contribution in [0.2, 0.25) is 0 Å². The molecule has 4 rings (SSSR count). The maximum atomic E-state index is 12.5. The lowest BCUT2D eigenvalue weighted by molar-refractivity contribution is -0.149. The molecule has 194 valence electrons. The molecule has 1 unspecified atom stereocenters. The number of ether oxygens (including phenoxy) is 2. The molecular weight excluding hydrogens is 503 g/mol. The molecule has 1 aromatic carbocycles. The standard InChI is InChI=1S/C19H20N5O10P.H3N/c25-12-10(6-33-19(18(28)29)35(30,31)32)34-17(13(12)26)24-8-22-11-14(20-7-21-15(11)24)23-16(27)9-4-2-1-3-5-9;/h1-5,7-8,10,12-13,17,19,25-26H,6H2,(H,28,29)(H2,30,31,32)(H,20,21,23,27);1H3/t10-,12-,13-,17-,19?;/m1./s1. The maximum Gasteiger partial charge on any atom is 0.365 e. The summed E-state index contributed by atoms with van der Waals surface area (Å²) in [6.45, 7) is -0.739. The van der Waals surface area contributed by atoms with Crippen LogP contribution >= 0.6 is 7.60 Å². The van der Waals surface area contributed by atoms with E-state index in [9.17, 15) is 24.4 Å². The summed E-state index contributed by atoms with van der Waals surface area (Å²) in [6.07, 6.45) is -3.37. The van der Waals surface area contributed by atoms with Gasteiger partial charge in [-0.25, -0.2) is 19.7 Å². The summed E-state index contributed by atoms with van der Waals surface area (Å²) < 4.78 is 22.9. The number of benzene rings is 1. The molecule has 1 saturated heterocycles. The van der Waals surface area contributed by atoms with E-state index in [0.29, 0.717) is 5.56 Å². The van der Waals surface area contributed by atoms with Gasteiger partial charge in [0.15, 0.2) is 23.2 Å². The van der Waals surface area contributed by atoms with Gasteiger partial charge in [0, 0.05) is 5.56 Å². The number of rotatable bonds is 8. The van der Waals surface area contributed by atoms with E-state index in [1.165, 1.54) is 10.9 Å². The van der Waals surface area contributed by atoms with Gasteiger partial charge in [-0.1, -0.05) is 18.2 Å². The number of carbonyl (C=O) groups is 2. The number of aliphatic hydroxyl groups is 2. The van der Waals surface area contributed by atoms with Crippen LogP contribution in [0.5, 0.6) is 0 Å². The molecule has 1 fully saturated rings. The van der Waals surface area contributed by atoms with E-state index in [-0.39, 0.29) is 23.1 Å². The van der Waals surface area contributed by atoms with Crippen LogP contribution in [-0.4, -0.2) is 87.3 Å². The van der Waals surface area contributed by atoms with Gasteiger partial charge in [0.2, 0.25) is 0 Å². The normalized spacial score (nSPS) is 22.7. The minimum absolute atomic E-state index is 0. The molecule has 1 aliphatic rings. The van der Waals surface area contributed by atoms with Gasteiger partial charge in [0.1, 0.15) is 24.6 Å². The van der Waals surface area contributed by atoms with E-state index in [1.54, 1.807) is 30.3 Å². The van der Waals surface area contributed by atoms with Crippen LogP contribution in [0, 0.1) is 0 Å². The monoisotopic (exact) mass is 526 g/mol. The van der Waals surface area contributed by atoms with Gasteiger partial charge in [0.25, 0.3) is 11.8 Å². The highest BCUT2D eigenvalue weighted by atomic mass is 31.2. The fourth-order valence-electron chi connectivity index (χ4n) is 3.49. The van der Waals surface area contributed by atoms with Gasteiger partial charge in [-0.15, -0.1) is 0 Å². The van der Waals surface area contributed by atoms with Crippen molar-refractivity contribution in [1.29, 1.82) is 0 Å². The first-order chi connectivity index (χ1) is 16.6. The number of carboxylic acid groups (broad SMARTS) is 1. The summed E-state index contributed by atoms with van der Waals surface area (Å²) >= 11 is 0. The first-order valence-electron chi connectivity index (χ1n) is 10.0. The van der Waals surface area contributed by atoms with Gasteiger partial charge in [-0.3, -0.25) is 13.9 Å².